The van der Waals surface area contributed by atoms with Gasteiger partial charge in [0.1, 0.15) is 0 Å². The molecule has 2 nitrogen and oxygen atoms in total. The molecule has 0 spiro atoms. The molecule has 0 aromatic heterocycles. The van der Waals surface area contributed by atoms with Crippen LogP contribution in [0, 0.1) is 11.8 Å². The standard InChI is InChI=1S/C10H17NO.C2H6/c1-7-5-10(12)11(6-7)8(2)9-3-4-9;1-2/h7-9H,3-6H2,1-2H3;1-2H3. The molecule has 2 fully saturated rings. The molecule has 2 unspecified atom stereocenters. The Kier molecular flexibility index (Phi) is 3.97. The van der Waals surface area contributed by atoms with Crippen LogP contribution in [0.3, 0.4) is 0 Å². The third-order valence-corrected chi connectivity index (χ3v) is 3.15. The fourth-order valence-electron chi connectivity index (χ4n) is 2.14. The number of carbonyl (C=O) groups is 1. The average molecular weight is 197 g/mol. The van der Waals surface area contributed by atoms with Crippen molar-refractivity contribution in [1.82, 2.24) is 4.90 Å². The highest BCUT2D eigenvalue weighted by Gasteiger charge is 2.37. The predicted octanol–water partition coefficient (Wildman–Crippen LogP) is 2.68. The first-order valence-electron chi connectivity index (χ1n) is 5.98. The quantitative estimate of drug-likeness (QED) is 0.666. The Bertz CT molecular complexity index is 198. The second kappa shape index (κ2) is 4.81. The second-order valence-electron chi connectivity index (χ2n) is 4.43. The number of carbonyl (C=O) groups excluding carboxylic acids is 1. The van der Waals surface area contributed by atoms with E-state index >= 15 is 0 Å². The molecule has 1 aliphatic carbocycles. The number of amides is 1. The predicted molar refractivity (Wildman–Crippen MR) is 59.0 cm³/mol. The molecule has 2 heteroatoms. The molecule has 2 rings (SSSR count). The SMILES string of the molecule is CC.CC1CC(=O)N(C(C)C2CC2)C1. The maximum absolute atomic E-state index is 11.5. The van der Waals surface area contributed by atoms with Gasteiger partial charge in [0.15, 0.2) is 0 Å². The van der Waals surface area contributed by atoms with Gasteiger partial charge in [0.2, 0.25) is 5.91 Å². The summed E-state index contributed by atoms with van der Waals surface area (Å²) in [6.07, 6.45) is 3.44. The van der Waals surface area contributed by atoms with Gasteiger partial charge in [-0.25, -0.2) is 0 Å². The van der Waals surface area contributed by atoms with Gasteiger partial charge in [-0.2, -0.15) is 0 Å². The van der Waals surface area contributed by atoms with Crippen molar-refractivity contribution in [3.8, 4) is 0 Å². The van der Waals surface area contributed by atoms with E-state index < -0.39 is 0 Å². The summed E-state index contributed by atoms with van der Waals surface area (Å²) in [5.41, 5.74) is 0. The van der Waals surface area contributed by atoms with Gasteiger partial charge >= 0.3 is 0 Å². The van der Waals surface area contributed by atoms with Crippen LogP contribution in [0.2, 0.25) is 0 Å². The van der Waals surface area contributed by atoms with Gasteiger partial charge in [-0.3, -0.25) is 4.79 Å². The van der Waals surface area contributed by atoms with Crippen LogP contribution in [0.5, 0.6) is 0 Å². The third kappa shape index (κ3) is 2.49. The van der Waals surface area contributed by atoms with E-state index in [0.717, 1.165) is 18.9 Å². The van der Waals surface area contributed by atoms with Crippen LogP contribution in [-0.4, -0.2) is 23.4 Å². The van der Waals surface area contributed by atoms with Gasteiger partial charge in [0, 0.05) is 19.0 Å². The van der Waals surface area contributed by atoms with Gasteiger partial charge in [-0.05, 0) is 31.6 Å². The Balaban J connectivity index is 0.000000461. The molecule has 82 valence electrons. The number of nitrogens with zero attached hydrogens (tertiary/aromatic N) is 1. The molecule has 1 amide bonds. The zero-order chi connectivity index (χ0) is 10.7. The van der Waals surface area contributed by atoms with Crippen molar-refractivity contribution in [3.05, 3.63) is 0 Å². The molecule has 0 N–H and O–H groups in total. The van der Waals surface area contributed by atoms with Crippen molar-refractivity contribution in [2.75, 3.05) is 6.54 Å². The minimum absolute atomic E-state index is 0.377. The molecular weight excluding hydrogens is 174 g/mol. The summed E-state index contributed by atoms with van der Waals surface area (Å²) < 4.78 is 0. The number of likely N-dealkylation sites (tertiary alicyclic amines) is 1. The molecule has 0 radical (unpaired) electrons. The summed E-state index contributed by atoms with van der Waals surface area (Å²) in [5, 5.41) is 0. The van der Waals surface area contributed by atoms with Crippen LogP contribution < -0.4 is 0 Å². The molecule has 14 heavy (non-hydrogen) atoms. The van der Waals surface area contributed by atoms with Crippen molar-refractivity contribution in [2.24, 2.45) is 11.8 Å². The van der Waals surface area contributed by atoms with E-state index in [1.54, 1.807) is 0 Å². The molecule has 1 aliphatic heterocycles. The van der Waals surface area contributed by atoms with Crippen molar-refractivity contribution in [3.63, 3.8) is 0 Å². The molecular formula is C12H23NO. The zero-order valence-electron chi connectivity index (χ0n) is 9.92. The molecule has 0 aromatic carbocycles. The Labute approximate surface area is 87.7 Å². The first kappa shape index (κ1) is 11.5. The molecule has 2 aliphatic rings. The van der Waals surface area contributed by atoms with Crippen molar-refractivity contribution in [1.29, 1.82) is 0 Å². The summed E-state index contributed by atoms with van der Waals surface area (Å²) in [4.78, 5) is 13.6. The summed E-state index contributed by atoms with van der Waals surface area (Å²) in [6, 6.07) is 0.516. The van der Waals surface area contributed by atoms with Crippen LogP contribution in [-0.2, 0) is 4.79 Å². The lowest BCUT2D eigenvalue weighted by Crippen LogP contribution is -2.35. The lowest BCUT2D eigenvalue weighted by molar-refractivity contribution is -0.129. The Morgan fingerprint density at radius 2 is 1.93 bits per heavy atom. The molecule has 1 saturated carbocycles. The van der Waals surface area contributed by atoms with Crippen LogP contribution in [0.1, 0.15) is 47.0 Å². The topological polar surface area (TPSA) is 20.3 Å². The molecule has 1 heterocycles. The highest BCUT2D eigenvalue weighted by molar-refractivity contribution is 5.78. The van der Waals surface area contributed by atoms with Gasteiger partial charge in [0.25, 0.3) is 0 Å². The molecule has 2 atom stereocenters. The van der Waals surface area contributed by atoms with E-state index in [1.807, 2.05) is 13.8 Å². The second-order valence-corrected chi connectivity index (χ2v) is 4.43. The zero-order valence-corrected chi connectivity index (χ0v) is 9.92. The fraction of sp³-hybridized carbons (Fsp3) is 0.917. The van der Waals surface area contributed by atoms with E-state index in [0.29, 0.717) is 17.9 Å². The average Bonchev–Trinajstić information content (AvgIpc) is 2.95. The number of hydrogen-bond acceptors (Lipinski definition) is 1. The third-order valence-electron chi connectivity index (χ3n) is 3.15. The van der Waals surface area contributed by atoms with E-state index in [4.69, 9.17) is 0 Å². The summed E-state index contributed by atoms with van der Waals surface area (Å²) in [7, 11) is 0. The normalized spacial score (nSPS) is 28.4. The maximum atomic E-state index is 11.5. The van der Waals surface area contributed by atoms with Gasteiger partial charge in [-0.1, -0.05) is 20.8 Å². The van der Waals surface area contributed by atoms with E-state index in [9.17, 15) is 4.79 Å². The van der Waals surface area contributed by atoms with E-state index in [-0.39, 0.29) is 0 Å². The van der Waals surface area contributed by atoms with Crippen molar-refractivity contribution < 1.29 is 4.79 Å². The van der Waals surface area contributed by atoms with Crippen molar-refractivity contribution in [2.45, 2.75) is 53.0 Å². The highest BCUT2D eigenvalue weighted by atomic mass is 16.2. The first-order valence-corrected chi connectivity index (χ1v) is 5.98. The summed E-state index contributed by atoms with van der Waals surface area (Å²) in [6.45, 7) is 9.36. The first-order chi connectivity index (χ1) is 6.68. The maximum Gasteiger partial charge on any atom is 0.223 e. The van der Waals surface area contributed by atoms with Crippen LogP contribution >= 0.6 is 0 Å². The van der Waals surface area contributed by atoms with Gasteiger partial charge < -0.3 is 4.90 Å². The molecule has 1 saturated heterocycles. The van der Waals surface area contributed by atoms with Crippen molar-refractivity contribution >= 4 is 5.91 Å². The van der Waals surface area contributed by atoms with E-state index in [2.05, 4.69) is 18.7 Å². The van der Waals surface area contributed by atoms with Gasteiger partial charge in [0.05, 0.1) is 0 Å². The molecule has 0 aromatic rings. The van der Waals surface area contributed by atoms with Gasteiger partial charge in [-0.15, -0.1) is 0 Å². The summed E-state index contributed by atoms with van der Waals surface area (Å²) in [5.74, 6) is 1.78. The number of rotatable bonds is 2. The smallest absolute Gasteiger partial charge is 0.223 e. The largest absolute Gasteiger partial charge is 0.339 e. The Hall–Kier alpha value is -0.530. The fourth-order valence-corrected chi connectivity index (χ4v) is 2.14. The monoisotopic (exact) mass is 197 g/mol. The van der Waals surface area contributed by atoms with E-state index in [1.165, 1.54) is 12.8 Å². The summed E-state index contributed by atoms with van der Waals surface area (Å²) >= 11 is 0. The minimum atomic E-state index is 0.377. The van der Waals surface area contributed by atoms with Crippen LogP contribution in [0.25, 0.3) is 0 Å². The lowest BCUT2D eigenvalue weighted by Gasteiger charge is -2.24. The Morgan fingerprint density at radius 3 is 2.29 bits per heavy atom. The van der Waals surface area contributed by atoms with Crippen LogP contribution in [0.15, 0.2) is 0 Å². The molecule has 0 bridgehead atoms. The Morgan fingerprint density at radius 1 is 1.36 bits per heavy atom. The lowest BCUT2D eigenvalue weighted by atomic mass is 10.1. The number of hydrogen-bond donors (Lipinski definition) is 0. The minimum Gasteiger partial charge on any atom is -0.339 e. The van der Waals surface area contributed by atoms with Crippen LogP contribution in [0.4, 0.5) is 0 Å². The highest BCUT2D eigenvalue weighted by Crippen LogP contribution is 2.37.